The van der Waals surface area contributed by atoms with E-state index in [1.807, 2.05) is 0 Å². The maximum Gasteiger partial charge on any atom is 0.312 e. The summed E-state index contributed by atoms with van der Waals surface area (Å²) in [6, 6.07) is 10.3. The van der Waals surface area contributed by atoms with Crippen molar-refractivity contribution in [3.8, 4) is 17.1 Å². The number of rotatable bonds is 2. The van der Waals surface area contributed by atoms with Crippen molar-refractivity contribution in [1.29, 1.82) is 0 Å². The lowest BCUT2D eigenvalue weighted by atomic mass is 9.91. The van der Waals surface area contributed by atoms with Crippen molar-refractivity contribution in [1.82, 2.24) is 4.57 Å². The summed E-state index contributed by atoms with van der Waals surface area (Å²) in [5.74, 6) is 0.424. The van der Waals surface area contributed by atoms with Gasteiger partial charge in [-0.25, -0.2) is 0 Å². The zero-order valence-corrected chi connectivity index (χ0v) is 16.1. The topological polar surface area (TPSA) is 61.4 Å². The number of carbonyl (C=O) groups is 1. The molecule has 0 radical (unpaired) electrons. The number of furan rings is 1. The molecular weight excluding hydrogens is 389 g/mol. The van der Waals surface area contributed by atoms with Gasteiger partial charge in [-0.1, -0.05) is 23.2 Å². The van der Waals surface area contributed by atoms with Crippen molar-refractivity contribution >= 4 is 29.2 Å². The summed E-state index contributed by atoms with van der Waals surface area (Å²) >= 11 is 12.2. The standard InChI is InChI=1S/C20H15Cl2NO4/c1-10-7-17-19(20(25)23(10)2)13(9-18(24)27-17)16-6-5-15(26-16)12-4-3-11(21)8-14(12)22/h3-8,13H,9H2,1-2H3/t13-/m0/s1. The number of carbonyl (C=O) groups excluding carboxylic acids is 1. The monoisotopic (exact) mass is 403 g/mol. The summed E-state index contributed by atoms with van der Waals surface area (Å²) in [6.45, 7) is 1.78. The Hall–Kier alpha value is -2.50. The quantitative estimate of drug-likeness (QED) is 0.581. The molecule has 1 aromatic carbocycles. The summed E-state index contributed by atoms with van der Waals surface area (Å²) in [5, 5.41) is 0.983. The second kappa shape index (κ2) is 6.59. The second-order valence-corrected chi connectivity index (χ2v) is 7.33. The normalized spacial score (nSPS) is 16.1. The third-order valence-corrected chi connectivity index (χ3v) is 5.33. The number of benzene rings is 1. The van der Waals surface area contributed by atoms with Crippen LogP contribution in [0.25, 0.3) is 11.3 Å². The van der Waals surface area contributed by atoms with Crippen LogP contribution >= 0.6 is 23.2 Å². The van der Waals surface area contributed by atoms with Crippen LogP contribution in [0.15, 0.2) is 45.6 Å². The number of esters is 1. The van der Waals surface area contributed by atoms with E-state index in [0.29, 0.717) is 44.1 Å². The number of aromatic nitrogens is 1. The van der Waals surface area contributed by atoms with E-state index in [9.17, 15) is 9.59 Å². The van der Waals surface area contributed by atoms with Crippen molar-refractivity contribution < 1.29 is 13.9 Å². The molecule has 3 aromatic rings. The van der Waals surface area contributed by atoms with Gasteiger partial charge in [0, 0.05) is 29.4 Å². The zero-order chi connectivity index (χ0) is 19.3. The summed E-state index contributed by atoms with van der Waals surface area (Å²) in [6.07, 6.45) is 0.0343. The molecule has 0 spiro atoms. The molecule has 138 valence electrons. The van der Waals surface area contributed by atoms with Gasteiger partial charge in [-0.05, 0) is 37.3 Å². The van der Waals surface area contributed by atoms with Gasteiger partial charge in [0.2, 0.25) is 0 Å². The van der Waals surface area contributed by atoms with Gasteiger partial charge in [-0.2, -0.15) is 0 Å². The van der Waals surface area contributed by atoms with Crippen LogP contribution in [-0.4, -0.2) is 10.5 Å². The molecule has 1 atom stereocenters. The van der Waals surface area contributed by atoms with E-state index in [2.05, 4.69) is 0 Å². The summed E-state index contributed by atoms with van der Waals surface area (Å²) in [5.41, 5.74) is 1.61. The Morgan fingerprint density at radius 1 is 1.11 bits per heavy atom. The highest BCUT2D eigenvalue weighted by molar-refractivity contribution is 6.36. The van der Waals surface area contributed by atoms with Crippen LogP contribution in [0.5, 0.6) is 5.75 Å². The molecule has 1 aliphatic rings. The lowest BCUT2D eigenvalue weighted by molar-refractivity contribution is -0.135. The highest BCUT2D eigenvalue weighted by Gasteiger charge is 2.34. The largest absolute Gasteiger partial charge is 0.460 e. The van der Waals surface area contributed by atoms with Crippen LogP contribution in [-0.2, 0) is 11.8 Å². The maximum atomic E-state index is 12.8. The minimum atomic E-state index is -0.514. The first-order valence-electron chi connectivity index (χ1n) is 8.31. The Labute approximate surface area is 165 Å². The predicted octanol–water partition coefficient (Wildman–Crippen LogP) is 4.70. The molecule has 0 N–H and O–H groups in total. The van der Waals surface area contributed by atoms with Gasteiger partial charge in [0.1, 0.15) is 17.3 Å². The van der Waals surface area contributed by atoms with Crippen molar-refractivity contribution in [2.24, 2.45) is 7.05 Å². The SMILES string of the molecule is Cc1cc2c(c(=O)n1C)[C@H](c1ccc(-c3ccc(Cl)cc3Cl)o1)CC(=O)O2. The van der Waals surface area contributed by atoms with Crippen LogP contribution in [0.4, 0.5) is 0 Å². The third-order valence-electron chi connectivity index (χ3n) is 4.78. The van der Waals surface area contributed by atoms with E-state index < -0.39 is 11.9 Å². The van der Waals surface area contributed by atoms with Gasteiger partial charge in [-0.15, -0.1) is 0 Å². The van der Waals surface area contributed by atoms with Crippen molar-refractivity contribution in [3.05, 3.63) is 73.8 Å². The van der Waals surface area contributed by atoms with Gasteiger partial charge in [0.15, 0.2) is 0 Å². The number of fused-ring (bicyclic) bond motifs is 1. The first-order chi connectivity index (χ1) is 12.8. The number of ether oxygens (including phenoxy) is 1. The fourth-order valence-corrected chi connectivity index (χ4v) is 3.77. The molecule has 0 saturated carbocycles. The first kappa shape index (κ1) is 17.9. The summed E-state index contributed by atoms with van der Waals surface area (Å²) in [4.78, 5) is 24.9. The van der Waals surface area contributed by atoms with Crippen LogP contribution in [0.1, 0.15) is 29.4 Å². The second-order valence-electron chi connectivity index (χ2n) is 6.48. The first-order valence-corrected chi connectivity index (χ1v) is 9.07. The molecule has 2 aromatic heterocycles. The number of halogens is 2. The Balaban J connectivity index is 1.82. The predicted molar refractivity (Wildman–Crippen MR) is 103 cm³/mol. The minimum absolute atomic E-state index is 0.0343. The third kappa shape index (κ3) is 3.07. The summed E-state index contributed by atoms with van der Waals surface area (Å²) in [7, 11) is 1.69. The van der Waals surface area contributed by atoms with Gasteiger partial charge in [0.05, 0.1) is 22.9 Å². The average Bonchev–Trinajstić information content (AvgIpc) is 3.08. The molecule has 4 rings (SSSR count). The molecule has 0 aliphatic carbocycles. The van der Waals surface area contributed by atoms with E-state index >= 15 is 0 Å². The van der Waals surface area contributed by atoms with E-state index in [-0.39, 0.29) is 12.0 Å². The van der Waals surface area contributed by atoms with Gasteiger partial charge in [-0.3, -0.25) is 9.59 Å². The summed E-state index contributed by atoms with van der Waals surface area (Å²) < 4.78 is 12.8. The van der Waals surface area contributed by atoms with Crippen LogP contribution < -0.4 is 10.3 Å². The zero-order valence-electron chi connectivity index (χ0n) is 14.6. The number of hydrogen-bond acceptors (Lipinski definition) is 4. The molecule has 5 nitrogen and oxygen atoms in total. The molecule has 0 fully saturated rings. The average molecular weight is 404 g/mol. The smallest absolute Gasteiger partial charge is 0.312 e. The molecule has 3 heterocycles. The molecule has 0 amide bonds. The molecule has 0 unspecified atom stereocenters. The van der Waals surface area contributed by atoms with E-state index in [4.69, 9.17) is 32.4 Å². The molecule has 27 heavy (non-hydrogen) atoms. The van der Waals surface area contributed by atoms with Gasteiger partial charge in [0.25, 0.3) is 5.56 Å². The highest BCUT2D eigenvalue weighted by Crippen LogP contribution is 2.40. The number of hydrogen-bond donors (Lipinski definition) is 0. The minimum Gasteiger partial charge on any atom is -0.460 e. The Bertz CT molecular complexity index is 1130. The lowest BCUT2D eigenvalue weighted by Crippen LogP contribution is -2.31. The van der Waals surface area contributed by atoms with E-state index in [1.54, 1.807) is 50.4 Å². The van der Waals surface area contributed by atoms with E-state index in [1.165, 1.54) is 4.57 Å². The number of nitrogens with zero attached hydrogens (tertiary/aromatic N) is 1. The van der Waals surface area contributed by atoms with Crippen LogP contribution in [0.3, 0.4) is 0 Å². The molecule has 0 saturated heterocycles. The Kier molecular flexibility index (Phi) is 4.36. The molecule has 7 heteroatoms. The van der Waals surface area contributed by atoms with Crippen molar-refractivity contribution in [2.75, 3.05) is 0 Å². The number of aryl methyl sites for hydroxylation is 1. The fourth-order valence-electron chi connectivity index (χ4n) is 3.27. The Morgan fingerprint density at radius 3 is 2.63 bits per heavy atom. The lowest BCUT2D eigenvalue weighted by Gasteiger charge is -2.23. The Morgan fingerprint density at radius 2 is 1.89 bits per heavy atom. The van der Waals surface area contributed by atoms with Crippen molar-refractivity contribution in [2.45, 2.75) is 19.3 Å². The van der Waals surface area contributed by atoms with Gasteiger partial charge >= 0.3 is 5.97 Å². The van der Waals surface area contributed by atoms with Crippen molar-refractivity contribution in [3.63, 3.8) is 0 Å². The molecular formula is C20H15Cl2NO4. The van der Waals surface area contributed by atoms with Crippen LogP contribution in [0.2, 0.25) is 10.0 Å². The molecule has 1 aliphatic heterocycles. The fraction of sp³-hybridized carbons (Fsp3) is 0.200. The maximum absolute atomic E-state index is 12.8. The van der Waals surface area contributed by atoms with Crippen LogP contribution in [0, 0.1) is 6.92 Å². The van der Waals surface area contributed by atoms with E-state index in [0.717, 1.165) is 0 Å². The molecule has 0 bridgehead atoms. The highest BCUT2D eigenvalue weighted by atomic mass is 35.5. The van der Waals surface area contributed by atoms with Gasteiger partial charge < -0.3 is 13.7 Å². The number of pyridine rings is 1.